The second kappa shape index (κ2) is 2.63. The van der Waals surface area contributed by atoms with Gasteiger partial charge in [0.15, 0.2) is 0 Å². The molecule has 0 bridgehead atoms. The van der Waals surface area contributed by atoms with Crippen LogP contribution >= 0.6 is 0 Å². The number of aliphatic hydroxyl groups is 1. The molecule has 4 atom stereocenters. The average Bonchev–Trinajstić information content (AvgIpc) is 2.80. The van der Waals surface area contributed by atoms with E-state index < -0.39 is 0 Å². The van der Waals surface area contributed by atoms with Crippen molar-refractivity contribution < 1.29 is 5.11 Å². The monoisotopic (exact) mass is 152 g/mol. The Labute approximate surface area is 68.1 Å². The van der Waals surface area contributed by atoms with Gasteiger partial charge in [-0.15, -0.1) is 6.58 Å². The minimum Gasteiger partial charge on any atom is -0.389 e. The maximum absolute atomic E-state index is 9.50. The van der Waals surface area contributed by atoms with Crippen LogP contribution in [0.2, 0.25) is 0 Å². The Morgan fingerprint density at radius 2 is 2.09 bits per heavy atom. The maximum atomic E-state index is 9.50. The molecule has 0 saturated heterocycles. The van der Waals surface area contributed by atoms with E-state index in [4.69, 9.17) is 0 Å². The summed E-state index contributed by atoms with van der Waals surface area (Å²) in [5, 5.41) is 9.50. The van der Waals surface area contributed by atoms with Crippen LogP contribution in [0, 0.1) is 17.8 Å². The summed E-state index contributed by atoms with van der Waals surface area (Å²) in [5.74, 6) is 2.52. The highest BCUT2D eigenvalue weighted by atomic mass is 16.3. The van der Waals surface area contributed by atoms with Crippen LogP contribution in [0.25, 0.3) is 0 Å². The molecule has 62 valence electrons. The van der Waals surface area contributed by atoms with Gasteiger partial charge in [0.25, 0.3) is 0 Å². The number of aliphatic hydroxyl groups excluding tert-OH is 1. The standard InChI is InChI=1S/C10H16O/c1-2-10(11)8-4-3-7-5-9(7)6-8/h2,7-11H,1,3-6H2. The third-order valence-electron chi connectivity index (χ3n) is 3.31. The van der Waals surface area contributed by atoms with Crippen molar-refractivity contribution in [3.05, 3.63) is 12.7 Å². The zero-order chi connectivity index (χ0) is 7.84. The van der Waals surface area contributed by atoms with E-state index in [0.717, 1.165) is 11.8 Å². The van der Waals surface area contributed by atoms with Crippen LogP contribution in [-0.4, -0.2) is 11.2 Å². The maximum Gasteiger partial charge on any atom is 0.0746 e. The first-order valence-corrected chi connectivity index (χ1v) is 4.62. The second-order valence-corrected chi connectivity index (χ2v) is 4.06. The van der Waals surface area contributed by atoms with Crippen molar-refractivity contribution in [2.24, 2.45) is 17.8 Å². The smallest absolute Gasteiger partial charge is 0.0746 e. The van der Waals surface area contributed by atoms with Gasteiger partial charge in [-0.05, 0) is 43.4 Å². The van der Waals surface area contributed by atoms with E-state index >= 15 is 0 Å². The van der Waals surface area contributed by atoms with E-state index in [-0.39, 0.29) is 6.10 Å². The molecular formula is C10H16O. The highest BCUT2D eigenvalue weighted by Gasteiger charge is 2.43. The first kappa shape index (κ1) is 7.35. The molecule has 1 N–H and O–H groups in total. The second-order valence-electron chi connectivity index (χ2n) is 4.06. The highest BCUT2D eigenvalue weighted by molar-refractivity contribution is 4.96. The Morgan fingerprint density at radius 1 is 1.27 bits per heavy atom. The predicted molar refractivity (Wildman–Crippen MR) is 45.1 cm³/mol. The number of fused-ring (bicyclic) bond motifs is 1. The molecule has 2 aliphatic rings. The number of hydrogen-bond acceptors (Lipinski definition) is 1. The van der Waals surface area contributed by atoms with Crippen LogP contribution in [0.5, 0.6) is 0 Å². The lowest BCUT2D eigenvalue weighted by molar-refractivity contribution is 0.122. The van der Waals surface area contributed by atoms with Crippen molar-refractivity contribution in [3.8, 4) is 0 Å². The fraction of sp³-hybridized carbons (Fsp3) is 0.800. The third kappa shape index (κ3) is 1.34. The van der Waals surface area contributed by atoms with Crippen LogP contribution in [-0.2, 0) is 0 Å². The Morgan fingerprint density at radius 3 is 2.73 bits per heavy atom. The normalized spacial score (nSPS) is 44.3. The van der Waals surface area contributed by atoms with E-state index in [1.54, 1.807) is 6.08 Å². The third-order valence-corrected chi connectivity index (χ3v) is 3.31. The lowest BCUT2D eigenvalue weighted by atomic mass is 9.85. The fourth-order valence-corrected chi connectivity index (χ4v) is 2.39. The van der Waals surface area contributed by atoms with Gasteiger partial charge in [-0.3, -0.25) is 0 Å². The van der Waals surface area contributed by atoms with Crippen molar-refractivity contribution in [3.63, 3.8) is 0 Å². The minimum atomic E-state index is -0.239. The molecule has 2 fully saturated rings. The van der Waals surface area contributed by atoms with E-state index in [0.29, 0.717) is 5.92 Å². The molecule has 0 aromatic heterocycles. The molecule has 4 unspecified atom stereocenters. The molecule has 0 aromatic rings. The largest absolute Gasteiger partial charge is 0.389 e. The summed E-state index contributed by atoms with van der Waals surface area (Å²) in [6, 6.07) is 0. The lowest BCUT2D eigenvalue weighted by Gasteiger charge is -2.23. The molecule has 0 aliphatic heterocycles. The van der Waals surface area contributed by atoms with Gasteiger partial charge in [-0.25, -0.2) is 0 Å². The van der Waals surface area contributed by atoms with Crippen LogP contribution in [0.15, 0.2) is 12.7 Å². The van der Waals surface area contributed by atoms with E-state index in [9.17, 15) is 5.11 Å². The molecule has 0 radical (unpaired) electrons. The predicted octanol–water partition coefficient (Wildman–Crippen LogP) is 1.97. The molecule has 2 rings (SSSR count). The molecular weight excluding hydrogens is 136 g/mol. The van der Waals surface area contributed by atoms with Gasteiger partial charge in [-0.1, -0.05) is 6.08 Å². The summed E-state index contributed by atoms with van der Waals surface area (Å²) >= 11 is 0. The van der Waals surface area contributed by atoms with Gasteiger partial charge in [0.1, 0.15) is 0 Å². The van der Waals surface area contributed by atoms with Crippen molar-refractivity contribution in [1.82, 2.24) is 0 Å². The van der Waals surface area contributed by atoms with Crippen LogP contribution in [0.3, 0.4) is 0 Å². The molecule has 2 aliphatic carbocycles. The minimum absolute atomic E-state index is 0.239. The summed E-state index contributed by atoms with van der Waals surface area (Å²) < 4.78 is 0. The molecule has 0 aromatic carbocycles. The summed E-state index contributed by atoms with van der Waals surface area (Å²) in [4.78, 5) is 0. The summed E-state index contributed by atoms with van der Waals surface area (Å²) in [7, 11) is 0. The SMILES string of the molecule is C=CC(O)C1CCC2CC2C1. The van der Waals surface area contributed by atoms with Gasteiger partial charge in [-0.2, -0.15) is 0 Å². The highest BCUT2D eigenvalue weighted by Crippen LogP contribution is 2.51. The number of hydrogen-bond donors (Lipinski definition) is 1. The molecule has 0 spiro atoms. The summed E-state index contributed by atoms with van der Waals surface area (Å²) in [5.41, 5.74) is 0. The van der Waals surface area contributed by atoms with E-state index in [1.165, 1.54) is 25.7 Å². The van der Waals surface area contributed by atoms with Crippen LogP contribution in [0.4, 0.5) is 0 Å². The van der Waals surface area contributed by atoms with Gasteiger partial charge in [0.05, 0.1) is 6.10 Å². The summed E-state index contributed by atoms with van der Waals surface area (Å²) in [6.07, 6.45) is 6.69. The van der Waals surface area contributed by atoms with Gasteiger partial charge in [0, 0.05) is 0 Å². The van der Waals surface area contributed by atoms with Gasteiger partial charge >= 0.3 is 0 Å². The first-order chi connectivity index (χ1) is 5.31. The molecule has 1 nitrogen and oxygen atoms in total. The fourth-order valence-electron chi connectivity index (χ4n) is 2.39. The lowest BCUT2D eigenvalue weighted by Crippen LogP contribution is -2.21. The molecule has 11 heavy (non-hydrogen) atoms. The van der Waals surface area contributed by atoms with Crippen molar-refractivity contribution in [2.75, 3.05) is 0 Å². The molecule has 0 heterocycles. The van der Waals surface area contributed by atoms with Crippen LogP contribution < -0.4 is 0 Å². The summed E-state index contributed by atoms with van der Waals surface area (Å²) in [6.45, 7) is 3.62. The molecule has 1 heteroatoms. The van der Waals surface area contributed by atoms with Gasteiger partial charge < -0.3 is 5.11 Å². The topological polar surface area (TPSA) is 20.2 Å². The molecule has 2 saturated carbocycles. The Hall–Kier alpha value is -0.300. The Bertz CT molecular complexity index is 164. The van der Waals surface area contributed by atoms with Crippen LogP contribution in [0.1, 0.15) is 25.7 Å². The van der Waals surface area contributed by atoms with Crippen molar-refractivity contribution in [2.45, 2.75) is 31.8 Å². The molecule has 0 amide bonds. The van der Waals surface area contributed by atoms with E-state index in [2.05, 4.69) is 6.58 Å². The van der Waals surface area contributed by atoms with E-state index in [1.807, 2.05) is 0 Å². The average molecular weight is 152 g/mol. The first-order valence-electron chi connectivity index (χ1n) is 4.62. The Balaban J connectivity index is 1.89. The zero-order valence-electron chi connectivity index (χ0n) is 6.87. The van der Waals surface area contributed by atoms with Crippen molar-refractivity contribution >= 4 is 0 Å². The quantitative estimate of drug-likeness (QED) is 0.600. The number of rotatable bonds is 2. The van der Waals surface area contributed by atoms with Crippen molar-refractivity contribution in [1.29, 1.82) is 0 Å². The Kier molecular flexibility index (Phi) is 1.76. The zero-order valence-corrected chi connectivity index (χ0v) is 6.87. The van der Waals surface area contributed by atoms with Gasteiger partial charge in [0.2, 0.25) is 0 Å².